The topological polar surface area (TPSA) is 36.0 Å². The van der Waals surface area contributed by atoms with E-state index in [1.807, 2.05) is 0 Å². The second kappa shape index (κ2) is 7.69. The Morgan fingerprint density at radius 3 is 2.30 bits per heavy atom. The molecule has 1 aromatic heterocycles. The molecule has 0 saturated heterocycles. The fourth-order valence-corrected chi connectivity index (χ4v) is 4.19. The Morgan fingerprint density at radius 2 is 1.70 bits per heavy atom. The van der Waals surface area contributed by atoms with Crippen LogP contribution in [0.1, 0.15) is 44.0 Å². The van der Waals surface area contributed by atoms with Gasteiger partial charge in [0, 0.05) is 17.5 Å². The predicted octanol–water partition coefficient (Wildman–Crippen LogP) is 6.21. The van der Waals surface area contributed by atoms with Crippen LogP contribution in [0, 0.1) is 11.6 Å². The number of para-hydroxylation sites is 1. The van der Waals surface area contributed by atoms with Crippen LogP contribution in [0.15, 0.2) is 42.5 Å². The van der Waals surface area contributed by atoms with E-state index in [0.29, 0.717) is 22.9 Å². The summed E-state index contributed by atoms with van der Waals surface area (Å²) in [7, 11) is 0. The van der Waals surface area contributed by atoms with Crippen molar-refractivity contribution in [2.24, 2.45) is 0 Å². The zero-order chi connectivity index (χ0) is 22.3. The van der Waals surface area contributed by atoms with Crippen molar-refractivity contribution in [2.75, 3.05) is 0 Å². The van der Waals surface area contributed by atoms with Crippen LogP contribution in [0.25, 0.3) is 10.9 Å². The number of H-pyrrole nitrogens is 1. The third-order valence-corrected chi connectivity index (χ3v) is 5.58. The van der Waals surface area contributed by atoms with Crippen molar-refractivity contribution in [3.8, 4) is 0 Å². The molecule has 3 rings (SSSR count). The van der Waals surface area contributed by atoms with Gasteiger partial charge >= 0.3 is 6.18 Å². The van der Waals surface area contributed by atoms with Crippen molar-refractivity contribution in [1.29, 1.82) is 0 Å². The van der Waals surface area contributed by atoms with Gasteiger partial charge in [-0.25, -0.2) is 8.78 Å². The van der Waals surface area contributed by atoms with Gasteiger partial charge in [-0.2, -0.15) is 13.2 Å². The maximum absolute atomic E-state index is 14.0. The lowest BCUT2D eigenvalue weighted by atomic mass is 9.72. The van der Waals surface area contributed by atoms with Gasteiger partial charge in [-0.05, 0) is 53.6 Å². The van der Waals surface area contributed by atoms with Crippen molar-refractivity contribution < 1.29 is 27.1 Å². The highest BCUT2D eigenvalue weighted by molar-refractivity contribution is 5.80. The predicted molar refractivity (Wildman–Crippen MR) is 106 cm³/mol. The van der Waals surface area contributed by atoms with Crippen LogP contribution in [0.4, 0.5) is 22.0 Å². The van der Waals surface area contributed by atoms with Gasteiger partial charge in [0.15, 0.2) is 5.60 Å². The van der Waals surface area contributed by atoms with Gasteiger partial charge in [0.2, 0.25) is 0 Å². The summed E-state index contributed by atoms with van der Waals surface area (Å²) in [6, 6.07) is 9.67. The molecule has 1 atom stereocenters. The standard InChI is InChI=1S/C23H24F5NO/c1-4-14-10-16(24)8-9-18(14)21(2,3)13-22(30,23(26,27)28)12-17-11-15-6-5-7-19(25)20(15)29-17/h5-11,29-30H,4,12-13H2,1-3H3. The molecule has 0 saturated carbocycles. The highest BCUT2D eigenvalue weighted by Gasteiger charge is 2.56. The summed E-state index contributed by atoms with van der Waals surface area (Å²) in [5.74, 6) is -1.04. The molecule has 0 amide bonds. The van der Waals surface area contributed by atoms with Gasteiger partial charge < -0.3 is 10.1 Å². The second-order valence-corrected chi connectivity index (χ2v) is 8.42. The number of nitrogens with one attached hydrogen (secondary N) is 1. The van der Waals surface area contributed by atoms with Crippen LogP contribution < -0.4 is 0 Å². The lowest BCUT2D eigenvalue weighted by molar-refractivity contribution is -0.266. The number of aromatic nitrogens is 1. The normalized spacial score (nSPS) is 14.8. The molecular formula is C23H24F5NO. The zero-order valence-corrected chi connectivity index (χ0v) is 17.0. The molecule has 162 valence electrons. The molecule has 2 N–H and O–H groups in total. The number of aryl methyl sites for hydroxylation is 1. The van der Waals surface area contributed by atoms with Crippen molar-refractivity contribution in [2.45, 2.75) is 57.2 Å². The number of hydrogen-bond acceptors (Lipinski definition) is 1. The van der Waals surface area contributed by atoms with Crippen molar-refractivity contribution in [3.63, 3.8) is 0 Å². The molecule has 3 aromatic rings. The summed E-state index contributed by atoms with van der Waals surface area (Å²) in [5.41, 5.74) is -2.83. The molecule has 30 heavy (non-hydrogen) atoms. The number of rotatable bonds is 6. The van der Waals surface area contributed by atoms with Crippen molar-refractivity contribution in [1.82, 2.24) is 4.98 Å². The van der Waals surface area contributed by atoms with E-state index in [4.69, 9.17) is 0 Å². The van der Waals surface area contributed by atoms with Gasteiger partial charge in [-0.15, -0.1) is 0 Å². The Kier molecular flexibility index (Phi) is 5.71. The highest BCUT2D eigenvalue weighted by atomic mass is 19.4. The smallest absolute Gasteiger partial charge is 0.380 e. The first-order valence-electron chi connectivity index (χ1n) is 9.70. The Bertz CT molecular complexity index is 1050. The summed E-state index contributed by atoms with van der Waals surface area (Å²) in [6.45, 7) is 4.99. The average molecular weight is 425 g/mol. The summed E-state index contributed by atoms with van der Waals surface area (Å²) in [4.78, 5) is 2.66. The van der Waals surface area contributed by atoms with E-state index >= 15 is 0 Å². The number of aliphatic hydroxyl groups is 1. The Morgan fingerprint density at radius 1 is 1.00 bits per heavy atom. The second-order valence-electron chi connectivity index (χ2n) is 8.42. The monoisotopic (exact) mass is 425 g/mol. The Hall–Kier alpha value is -2.41. The van der Waals surface area contributed by atoms with Crippen LogP contribution in [0.3, 0.4) is 0 Å². The minimum atomic E-state index is -4.92. The number of alkyl halides is 3. The van der Waals surface area contributed by atoms with Crippen LogP contribution >= 0.6 is 0 Å². The lowest BCUT2D eigenvalue weighted by Gasteiger charge is -2.38. The van der Waals surface area contributed by atoms with Crippen LogP contribution in [-0.4, -0.2) is 21.9 Å². The highest BCUT2D eigenvalue weighted by Crippen LogP contribution is 2.44. The van der Waals surface area contributed by atoms with E-state index in [2.05, 4.69) is 4.98 Å². The minimum Gasteiger partial charge on any atom is -0.380 e. The third kappa shape index (κ3) is 4.21. The van der Waals surface area contributed by atoms with Gasteiger partial charge in [-0.1, -0.05) is 39.0 Å². The largest absolute Gasteiger partial charge is 0.417 e. The van der Waals surface area contributed by atoms with Gasteiger partial charge in [-0.3, -0.25) is 0 Å². The third-order valence-electron chi connectivity index (χ3n) is 5.58. The first-order valence-corrected chi connectivity index (χ1v) is 9.70. The number of halogens is 5. The number of hydrogen-bond donors (Lipinski definition) is 2. The van der Waals surface area contributed by atoms with Gasteiger partial charge in [0.05, 0.1) is 5.52 Å². The van der Waals surface area contributed by atoms with Crippen LogP contribution in [0.5, 0.6) is 0 Å². The maximum atomic E-state index is 14.0. The molecule has 0 aliphatic carbocycles. The maximum Gasteiger partial charge on any atom is 0.417 e. The molecule has 0 aliphatic heterocycles. The molecule has 0 spiro atoms. The molecule has 7 heteroatoms. The number of fused-ring (bicyclic) bond motifs is 1. The summed E-state index contributed by atoms with van der Waals surface area (Å²) >= 11 is 0. The lowest BCUT2D eigenvalue weighted by Crippen LogP contribution is -2.51. The quantitative estimate of drug-likeness (QED) is 0.453. The van der Waals surface area contributed by atoms with Gasteiger partial charge in [0.25, 0.3) is 0 Å². The molecule has 1 unspecified atom stereocenters. The summed E-state index contributed by atoms with van der Waals surface area (Å²) < 4.78 is 69.6. The Labute approximate surface area is 171 Å². The fraction of sp³-hybridized carbons (Fsp3) is 0.391. The SMILES string of the molecule is CCc1cc(F)ccc1C(C)(C)CC(O)(Cc1cc2cccc(F)c2[nH]1)C(F)(F)F. The Balaban J connectivity index is 1.99. The van der Waals surface area contributed by atoms with Crippen LogP contribution in [0.2, 0.25) is 0 Å². The summed E-state index contributed by atoms with van der Waals surface area (Å²) in [5, 5.41) is 11.2. The number of aromatic amines is 1. The summed E-state index contributed by atoms with van der Waals surface area (Å²) in [6.07, 6.45) is -5.87. The van der Waals surface area contributed by atoms with E-state index in [1.165, 1.54) is 36.4 Å². The van der Waals surface area contributed by atoms with Crippen molar-refractivity contribution >= 4 is 10.9 Å². The zero-order valence-electron chi connectivity index (χ0n) is 17.0. The van der Waals surface area contributed by atoms with E-state index < -0.39 is 41.7 Å². The molecule has 2 nitrogen and oxygen atoms in total. The average Bonchev–Trinajstić information content (AvgIpc) is 3.03. The molecule has 0 aliphatic rings. The van der Waals surface area contributed by atoms with E-state index in [-0.39, 0.29) is 11.2 Å². The van der Waals surface area contributed by atoms with E-state index in [9.17, 15) is 27.1 Å². The minimum absolute atomic E-state index is 0.0838. The molecule has 0 bridgehead atoms. The first kappa shape index (κ1) is 22.3. The molecule has 0 radical (unpaired) electrons. The van der Waals surface area contributed by atoms with Crippen molar-refractivity contribution in [3.05, 3.63) is 70.9 Å². The first-order chi connectivity index (χ1) is 13.9. The van der Waals surface area contributed by atoms with E-state index in [0.717, 1.165) is 0 Å². The fourth-order valence-electron chi connectivity index (χ4n) is 4.19. The van der Waals surface area contributed by atoms with Gasteiger partial charge in [0.1, 0.15) is 11.6 Å². The molecule has 2 aromatic carbocycles. The van der Waals surface area contributed by atoms with E-state index in [1.54, 1.807) is 26.8 Å². The molecular weight excluding hydrogens is 401 g/mol. The van der Waals surface area contributed by atoms with Crippen LogP contribution in [-0.2, 0) is 18.3 Å². The molecule has 1 heterocycles. The molecule has 0 fully saturated rings. The number of benzene rings is 2.